The summed E-state index contributed by atoms with van der Waals surface area (Å²) in [6.07, 6.45) is 1.35. The number of ether oxygens (including phenoxy) is 3. The largest absolute Gasteiger partial charge is 0.497 e. The smallest absolute Gasteiger partial charge is 0.343 e. The van der Waals surface area contributed by atoms with Gasteiger partial charge >= 0.3 is 5.97 Å². The Hall–Kier alpha value is -5.17. The minimum Gasteiger partial charge on any atom is -0.497 e. The summed E-state index contributed by atoms with van der Waals surface area (Å²) >= 11 is 0. The Morgan fingerprint density at radius 1 is 0.971 bits per heavy atom. The second-order valence-corrected chi connectivity index (χ2v) is 6.95. The zero-order valence-corrected chi connectivity index (χ0v) is 18.7. The number of esters is 1. The number of hydrogen-bond donors (Lipinski definition) is 1. The molecule has 0 aliphatic heterocycles. The van der Waals surface area contributed by atoms with Gasteiger partial charge in [0.05, 0.1) is 36.5 Å². The highest BCUT2D eigenvalue weighted by atomic mass is 16.6. The zero-order chi connectivity index (χ0) is 25.4. The molecule has 0 saturated carbocycles. The monoisotopic (exact) mass is 473 g/mol. The summed E-state index contributed by atoms with van der Waals surface area (Å²) in [5.41, 5.74) is 0.610. The fourth-order valence-corrected chi connectivity index (χ4v) is 2.93. The standard InChI is InChI=1S/C25H19N3O7/c1-33-20-10-5-17(6-11-20)25(30)35-21-8-3-16(4-9-21)13-18(15-26)24(29)27-22-12-7-19(28(31)32)14-23(22)34-2/h3-14H,1-2H3,(H,27,29)/b18-13-. The number of rotatable bonds is 8. The summed E-state index contributed by atoms with van der Waals surface area (Å²) in [5.74, 6) is -0.309. The molecule has 3 aromatic rings. The van der Waals surface area contributed by atoms with Crippen molar-refractivity contribution in [2.75, 3.05) is 19.5 Å². The molecule has 3 rings (SSSR count). The zero-order valence-electron chi connectivity index (χ0n) is 18.7. The number of carbonyl (C=O) groups excluding carboxylic acids is 2. The molecule has 10 nitrogen and oxygen atoms in total. The Balaban J connectivity index is 1.70. The number of benzene rings is 3. The van der Waals surface area contributed by atoms with Gasteiger partial charge in [-0.15, -0.1) is 0 Å². The van der Waals surface area contributed by atoms with Gasteiger partial charge in [0.25, 0.3) is 11.6 Å². The highest BCUT2D eigenvalue weighted by Crippen LogP contribution is 2.29. The highest BCUT2D eigenvalue weighted by molar-refractivity contribution is 6.10. The Morgan fingerprint density at radius 3 is 2.20 bits per heavy atom. The van der Waals surface area contributed by atoms with Crippen LogP contribution in [0.2, 0.25) is 0 Å². The first-order chi connectivity index (χ1) is 16.8. The molecule has 0 aliphatic rings. The van der Waals surface area contributed by atoms with E-state index in [1.54, 1.807) is 36.4 Å². The number of nitrogens with zero attached hydrogens (tertiary/aromatic N) is 2. The van der Waals surface area contributed by atoms with Crippen LogP contribution in [0.1, 0.15) is 15.9 Å². The molecule has 0 fully saturated rings. The molecule has 0 saturated heterocycles. The maximum Gasteiger partial charge on any atom is 0.343 e. The number of non-ortho nitro benzene ring substituents is 1. The van der Waals surface area contributed by atoms with E-state index in [-0.39, 0.29) is 28.4 Å². The Bertz CT molecular complexity index is 1320. The average Bonchev–Trinajstić information content (AvgIpc) is 2.88. The van der Waals surface area contributed by atoms with Crippen LogP contribution in [-0.2, 0) is 4.79 Å². The number of carbonyl (C=O) groups is 2. The van der Waals surface area contributed by atoms with E-state index < -0.39 is 16.8 Å². The second-order valence-electron chi connectivity index (χ2n) is 6.95. The molecule has 176 valence electrons. The first-order valence-corrected chi connectivity index (χ1v) is 10.1. The van der Waals surface area contributed by atoms with Gasteiger partial charge in [0.2, 0.25) is 0 Å². The van der Waals surface area contributed by atoms with Crippen molar-refractivity contribution in [2.45, 2.75) is 0 Å². The summed E-state index contributed by atoms with van der Waals surface area (Å²) in [6.45, 7) is 0. The number of nitro groups is 1. The van der Waals surface area contributed by atoms with Crippen molar-refractivity contribution in [1.29, 1.82) is 5.26 Å². The van der Waals surface area contributed by atoms with E-state index in [0.29, 0.717) is 16.9 Å². The van der Waals surface area contributed by atoms with E-state index in [2.05, 4.69) is 5.32 Å². The number of anilines is 1. The maximum absolute atomic E-state index is 12.6. The summed E-state index contributed by atoms with van der Waals surface area (Å²) in [6, 6.07) is 18.2. The van der Waals surface area contributed by atoms with Gasteiger partial charge in [-0.25, -0.2) is 4.79 Å². The van der Waals surface area contributed by atoms with Crippen LogP contribution in [0, 0.1) is 21.4 Å². The normalized spacial score (nSPS) is 10.6. The molecule has 0 unspecified atom stereocenters. The third-order valence-corrected chi connectivity index (χ3v) is 4.74. The number of amides is 1. The van der Waals surface area contributed by atoms with Crippen LogP contribution in [0.5, 0.6) is 17.2 Å². The van der Waals surface area contributed by atoms with Crippen molar-refractivity contribution >= 4 is 29.3 Å². The molecule has 1 N–H and O–H groups in total. The van der Waals surface area contributed by atoms with Crippen LogP contribution in [0.25, 0.3) is 6.08 Å². The molecule has 0 aromatic heterocycles. The van der Waals surface area contributed by atoms with Gasteiger partial charge in [-0.2, -0.15) is 5.26 Å². The van der Waals surface area contributed by atoms with Crippen LogP contribution in [-0.4, -0.2) is 31.0 Å². The lowest BCUT2D eigenvalue weighted by Crippen LogP contribution is -2.14. The molecule has 0 spiro atoms. The molecule has 0 bridgehead atoms. The molecule has 0 radical (unpaired) electrons. The minimum absolute atomic E-state index is 0.0767. The van der Waals surface area contributed by atoms with Crippen LogP contribution in [0.4, 0.5) is 11.4 Å². The topological polar surface area (TPSA) is 141 Å². The van der Waals surface area contributed by atoms with E-state index >= 15 is 0 Å². The van der Waals surface area contributed by atoms with Crippen molar-refractivity contribution in [3.63, 3.8) is 0 Å². The first-order valence-electron chi connectivity index (χ1n) is 10.1. The molecular formula is C25H19N3O7. The Labute approximate surface area is 200 Å². The fourth-order valence-electron chi connectivity index (χ4n) is 2.93. The lowest BCUT2D eigenvalue weighted by molar-refractivity contribution is -0.384. The number of nitro benzene ring substituents is 1. The summed E-state index contributed by atoms with van der Waals surface area (Å²) in [4.78, 5) is 35.2. The van der Waals surface area contributed by atoms with Crippen molar-refractivity contribution in [3.8, 4) is 23.3 Å². The predicted octanol–water partition coefficient (Wildman–Crippen LogP) is 4.38. The lowest BCUT2D eigenvalue weighted by Gasteiger charge is -2.09. The minimum atomic E-state index is -0.727. The van der Waals surface area contributed by atoms with E-state index in [1.807, 2.05) is 6.07 Å². The summed E-state index contributed by atoms with van der Waals surface area (Å²) in [7, 11) is 2.83. The average molecular weight is 473 g/mol. The third-order valence-electron chi connectivity index (χ3n) is 4.74. The molecule has 0 heterocycles. The number of nitrogens with one attached hydrogen (secondary N) is 1. The summed E-state index contributed by atoms with van der Waals surface area (Å²) in [5, 5.41) is 22.9. The number of hydrogen-bond acceptors (Lipinski definition) is 8. The first kappa shape index (κ1) is 24.5. The van der Waals surface area contributed by atoms with Crippen LogP contribution in [0.3, 0.4) is 0 Å². The maximum atomic E-state index is 12.6. The van der Waals surface area contributed by atoms with Crippen LogP contribution in [0.15, 0.2) is 72.3 Å². The molecule has 1 amide bonds. The van der Waals surface area contributed by atoms with Gasteiger partial charge < -0.3 is 19.5 Å². The third kappa shape index (κ3) is 6.21. The van der Waals surface area contributed by atoms with Gasteiger partial charge in [-0.05, 0) is 54.1 Å². The van der Waals surface area contributed by atoms with Crippen molar-refractivity contribution < 1.29 is 28.7 Å². The van der Waals surface area contributed by atoms with E-state index in [1.165, 1.54) is 44.6 Å². The van der Waals surface area contributed by atoms with Gasteiger partial charge in [0.1, 0.15) is 28.9 Å². The Kier molecular flexibility index (Phi) is 7.77. The van der Waals surface area contributed by atoms with Crippen molar-refractivity contribution in [2.24, 2.45) is 0 Å². The van der Waals surface area contributed by atoms with E-state index in [4.69, 9.17) is 14.2 Å². The molecule has 0 aliphatic carbocycles. The number of methoxy groups -OCH3 is 2. The van der Waals surface area contributed by atoms with Crippen LogP contribution < -0.4 is 19.5 Å². The molecule has 10 heteroatoms. The molecule has 3 aromatic carbocycles. The molecular weight excluding hydrogens is 454 g/mol. The SMILES string of the molecule is COc1ccc(C(=O)Oc2ccc(/C=C(/C#N)C(=O)Nc3ccc([N+](=O)[O-])cc3OC)cc2)cc1. The van der Waals surface area contributed by atoms with Gasteiger partial charge in [0, 0.05) is 6.07 Å². The second kappa shape index (κ2) is 11.1. The Morgan fingerprint density at radius 2 is 1.63 bits per heavy atom. The summed E-state index contributed by atoms with van der Waals surface area (Å²) < 4.78 is 15.5. The lowest BCUT2D eigenvalue weighted by atomic mass is 10.1. The highest BCUT2D eigenvalue weighted by Gasteiger charge is 2.16. The van der Waals surface area contributed by atoms with E-state index in [9.17, 15) is 25.0 Å². The quantitative estimate of drug-likeness (QED) is 0.127. The molecule has 35 heavy (non-hydrogen) atoms. The predicted molar refractivity (Wildman–Crippen MR) is 126 cm³/mol. The van der Waals surface area contributed by atoms with Gasteiger partial charge in [-0.1, -0.05) is 12.1 Å². The van der Waals surface area contributed by atoms with E-state index in [0.717, 1.165) is 6.07 Å². The fraction of sp³-hybridized carbons (Fsp3) is 0.0800. The van der Waals surface area contributed by atoms with Gasteiger partial charge in [0.15, 0.2) is 0 Å². The van der Waals surface area contributed by atoms with Crippen molar-refractivity contribution in [1.82, 2.24) is 0 Å². The van der Waals surface area contributed by atoms with Crippen molar-refractivity contribution in [3.05, 3.63) is 93.5 Å². The van der Waals surface area contributed by atoms with Gasteiger partial charge in [-0.3, -0.25) is 14.9 Å². The number of nitriles is 1. The van der Waals surface area contributed by atoms with Crippen LogP contribution >= 0.6 is 0 Å². The molecule has 0 atom stereocenters.